The molecule has 10 heteroatoms. The van der Waals surface area contributed by atoms with Gasteiger partial charge in [0.1, 0.15) is 24.1 Å². The van der Waals surface area contributed by atoms with Gasteiger partial charge >= 0.3 is 0 Å². The number of nitrogens with one attached hydrogen (secondary N) is 1. The van der Waals surface area contributed by atoms with Crippen LogP contribution in [0.15, 0.2) is 83.8 Å². The molecule has 1 atom stereocenters. The van der Waals surface area contributed by atoms with E-state index in [2.05, 4.69) is 5.32 Å². The van der Waals surface area contributed by atoms with Gasteiger partial charge in [0.15, 0.2) is 0 Å². The highest BCUT2D eigenvalue weighted by Gasteiger charge is 2.34. The first kappa shape index (κ1) is 29.5. The first-order valence-electron chi connectivity index (χ1n) is 12.5. The summed E-state index contributed by atoms with van der Waals surface area (Å²) in [5.74, 6) is -0.277. The number of carbonyl (C=O) groups excluding carboxylic acids is 2. The molecule has 0 fully saturated rings. The highest BCUT2D eigenvalue weighted by atomic mass is 32.2. The molecule has 0 aromatic heterocycles. The zero-order valence-corrected chi connectivity index (χ0v) is 23.6. The van der Waals surface area contributed by atoms with Crippen LogP contribution >= 0.6 is 0 Å². The van der Waals surface area contributed by atoms with Crippen LogP contribution in [0.2, 0.25) is 0 Å². The van der Waals surface area contributed by atoms with Crippen LogP contribution in [0.4, 0.5) is 5.69 Å². The summed E-state index contributed by atoms with van der Waals surface area (Å²) in [4.78, 5) is 28.3. The number of anilines is 1. The van der Waals surface area contributed by atoms with Gasteiger partial charge in [-0.3, -0.25) is 13.9 Å². The minimum Gasteiger partial charge on any atom is -0.497 e. The summed E-state index contributed by atoms with van der Waals surface area (Å²) < 4.78 is 39.7. The number of amides is 2. The summed E-state index contributed by atoms with van der Waals surface area (Å²) in [6, 6.07) is 20.8. The molecule has 0 aliphatic carbocycles. The lowest BCUT2D eigenvalue weighted by atomic mass is 10.1. The van der Waals surface area contributed by atoms with Gasteiger partial charge in [-0.2, -0.15) is 0 Å². The fourth-order valence-corrected chi connectivity index (χ4v) is 5.43. The van der Waals surface area contributed by atoms with E-state index in [0.717, 1.165) is 9.87 Å². The van der Waals surface area contributed by atoms with Crippen LogP contribution in [-0.4, -0.2) is 58.0 Å². The Morgan fingerprint density at radius 1 is 0.872 bits per heavy atom. The third-order valence-corrected chi connectivity index (χ3v) is 7.83. The van der Waals surface area contributed by atoms with E-state index >= 15 is 0 Å². The maximum Gasteiger partial charge on any atom is 0.264 e. The van der Waals surface area contributed by atoms with Crippen molar-refractivity contribution in [3.63, 3.8) is 0 Å². The zero-order valence-electron chi connectivity index (χ0n) is 22.8. The van der Waals surface area contributed by atoms with E-state index in [1.165, 1.54) is 37.3 Å². The number of sulfonamides is 1. The second-order valence-electron chi connectivity index (χ2n) is 9.21. The predicted molar refractivity (Wildman–Crippen MR) is 150 cm³/mol. The van der Waals surface area contributed by atoms with Crippen LogP contribution < -0.4 is 19.1 Å². The van der Waals surface area contributed by atoms with Gasteiger partial charge in [0.25, 0.3) is 10.0 Å². The van der Waals surface area contributed by atoms with Crippen molar-refractivity contribution < 1.29 is 27.5 Å². The number of nitrogens with zero attached hydrogens (tertiary/aromatic N) is 2. The highest BCUT2D eigenvalue weighted by molar-refractivity contribution is 7.92. The molecule has 0 spiro atoms. The number of benzene rings is 3. The standard InChI is InChI=1S/C29H35N3O6S/c1-21(2)30-29(34)22(3)31(19-23-12-8-6-9-13-23)28(33)20-32(39(35,36)25-14-10-7-11-15-25)26-18-24(37-4)16-17-27(26)38-5/h6-18,21-22H,19-20H2,1-5H3,(H,30,34)/t22-/m0/s1. The van der Waals surface area contributed by atoms with E-state index in [0.29, 0.717) is 5.75 Å². The third kappa shape index (κ3) is 7.29. The molecule has 0 heterocycles. The van der Waals surface area contributed by atoms with Gasteiger partial charge < -0.3 is 19.7 Å². The second kappa shape index (κ2) is 13.1. The maximum absolute atomic E-state index is 14.0. The molecule has 3 aromatic rings. The van der Waals surface area contributed by atoms with Crippen molar-refractivity contribution in [2.75, 3.05) is 25.1 Å². The van der Waals surface area contributed by atoms with E-state index in [9.17, 15) is 18.0 Å². The Bertz CT molecular complexity index is 1360. The van der Waals surface area contributed by atoms with E-state index in [-0.39, 0.29) is 34.8 Å². The lowest BCUT2D eigenvalue weighted by Gasteiger charge is -2.32. The first-order chi connectivity index (χ1) is 18.6. The molecule has 9 nitrogen and oxygen atoms in total. The highest BCUT2D eigenvalue weighted by Crippen LogP contribution is 2.36. The monoisotopic (exact) mass is 553 g/mol. The predicted octanol–water partition coefficient (Wildman–Crippen LogP) is 3.84. The molecule has 1 N–H and O–H groups in total. The Morgan fingerprint density at radius 3 is 2.05 bits per heavy atom. The van der Waals surface area contributed by atoms with Crippen LogP contribution in [0.5, 0.6) is 11.5 Å². The largest absolute Gasteiger partial charge is 0.497 e. The Morgan fingerprint density at radius 2 is 1.49 bits per heavy atom. The van der Waals surface area contributed by atoms with Crippen molar-refractivity contribution in [2.24, 2.45) is 0 Å². The Balaban J connectivity index is 2.10. The zero-order chi connectivity index (χ0) is 28.6. The average molecular weight is 554 g/mol. The van der Waals surface area contributed by atoms with E-state index in [1.807, 2.05) is 44.2 Å². The summed E-state index contributed by atoms with van der Waals surface area (Å²) in [6.07, 6.45) is 0. The number of rotatable bonds is 12. The molecule has 39 heavy (non-hydrogen) atoms. The van der Waals surface area contributed by atoms with Crippen molar-refractivity contribution in [3.05, 3.63) is 84.4 Å². The second-order valence-corrected chi connectivity index (χ2v) is 11.1. The van der Waals surface area contributed by atoms with Crippen LogP contribution in [0.25, 0.3) is 0 Å². The smallest absolute Gasteiger partial charge is 0.264 e. The van der Waals surface area contributed by atoms with E-state index in [4.69, 9.17) is 9.47 Å². The molecule has 0 aliphatic rings. The summed E-state index contributed by atoms with van der Waals surface area (Å²) >= 11 is 0. The van der Waals surface area contributed by atoms with Crippen LogP contribution in [-0.2, 0) is 26.2 Å². The Kier molecular flexibility index (Phi) is 9.95. The molecule has 0 unspecified atom stereocenters. The number of carbonyl (C=O) groups is 2. The molecule has 0 aliphatic heterocycles. The minimum atomic E-state index is -4.23. The summed E-state index contributed by atoms with van der Waals surface area (Å²) in [5, 5.41) is 2.84. The van der Waals surface area contributed by atoms with Crippen LogP contribution in [0, 0.1) is 0 Å². The van der Waals surface area contributed by atoms with Crippen LogP contribution in [0.3, 0.4) is 0 Å². The topological polar surface area (TPSA) is 105 Å². The molecule has 0 bridgehead atoms. The molecule has 0 saturated carbocycles. The minimum absolute atomic E-state index is 0.00267. The van der Waals surface area contributed by atoms with Gasteiger partial charge in [-0.1, -0.05) is 48.5 Å². The fraction of sp³-hybridized carbons (Fsp3) is 0.310. The number of methoxy groups -OCH3 is 2. The first-order valence-corrected chi connectivity index (χ1v) is 14.0. The number of hydrogen-bond acceptors (Lipinski definition) is 6. The fourth-order valence-electron chi connectivity index (χ4n) is 3.99. The quantitative estimate of drug-likeness (QED) is 0.365. The molecule has 3 rings (SSSR count). The number of ether oxygens (including phenoxy) is 2. The van der Waals surface area contributed by atoms with Gasteiger partial charge in [-0.25, -0.2) is 8.42 Å². The van der Waals surface area contributed by atoms with Crippen molar-refractivity contribution >= 4 is 27.5 Å². The third-order valence-electron chi connectivity index (χ3n) is 6.06. The van der Waals surface area contributed by atoms with Gasteiger partial charge in [0, 0.05) is 18.7 Å². The summed E-state index contributed by atoms with van der Waals surface area (Å²) in [7, 11) is -1.35. The molecule has 208 valence electrons. The SMILES string of the molecule is COc1ccc(OC)c(N(CC(=O)N(Cc2ccccc2)[C@@H](C)C(=O)NC(C)C)S(=O)(=O)c2ccccc2)c1. The summed E-state index contributed by atoms with van der Waals surface area (Å²) in [5.41, 5.74) is 0.930. The van der Waals surface area contributed by atoms with Gasteiger partial charge in [-0.15, -0.1) is 0 Å². The lowest BCUT2D eigenvalue weighted by Crippen LogP contribution is -2.52. The van der Waals surface area contributed by atoms with Crippen LogP contribution in [0.1, 0.15) is 26.3 Å². The van der Waals surface area contributed by atoms with Gasteiger partial charge in [-0.05, 0) is 50.6 Å². The van der Waals surface area contributed by atoms with Crippen molar-refractivity contribution in [2.45, 2.75) is 44.3 Å². The Hall–Kier alpha value is -4.05. The van der Waals surface area contributed by atoms with Crippen molar-refractivity contribution in [1.82, 2.24) is 10.2 Å². The molecule has 2 amide bonds. The molecule has 3 aromatic carbocycles. The lowest BCUT2D eigenvalue weighted by molar-refractivity contribution is -0.139. The van der Waals surface area contributed by atoms with Crippen molar-refractivity contribution in [3.8, 4) is 11.5 Å². The molecule has 0 radical (unpaired) electrons. The van der Waals surface area contributed by atoms with E-state index < -0.39 is 28.5 Å². The number of hydrogen-bond donors (Lipinski definition) is 1. The summed E-state index contributed by atoms with van der Waals surface area (Å²) in [6.45, 7) is 4.82. The van der Waals surface area contributed by atoms with Gasteiger partial charge in [0.2, 0.25) is 11.8 Å². The Labute approximate surface area is 230 Å². The normalized spacial score (nSPS) is 11.9. The molecular formula is C29H35N3O6S. The molecular weight excluding hydrogens is 518 g/mol. The van der Waals surface area contributed by atoms with Crippen molar-refractivity contribution in [1.29, 1.82) is 0 Å². The maximum atomic E-state index is 14.0. The van der Waals surface area contributed by atoms with E-state index in [1.54, 1.807) is 37.3 Å². The average Bonchev–Trinajstić information content (AvgIpc) is 2.94. The van der Waals surface area contributed by atoms with Gasteiger partial charge in [0.05, 0.1) is 24.8 Å². The molecule has 0 saturated heterocycles.